The summed E-state index contributed by atoms with van der Waals surface area (Å²) in [5, 5.41) is 2.67. The van der Waals surface area contributed by atoms with Crippen LogP contribution in [0.25, 0.3) is 0 Å². The Kier molecular flexibility index (Phi) is 8.41. The van der Waals surface area contributed by atoms with Gasteiger partial charge in [0, 0.05) is 24.1 Å². The highest BCUT2D eigenvalue weighted by Crippen LogP contribution is 2.27. The van der Waals surface area contributed by atoms with E-state index in [-0.39, 0.29) is 23.5 Å². The van der Waals surface area contributed by atoms with Crippen LogP contribution in [0.5, 0.6) is 0 Å². The number of carbonyl (C=O) groups is 2. The average molecular weight is 477 g/mol. The molecule has 28 heavy (non-hydrogen) atoms. The van der Waals surface area contributed by atoms with E-state index in [2.05, 4.69) is 21.2 Å². The molecule has 8 nitrogen and oxygen atoms in total. The number of benzene rings is 1. The molecule has 1 aromatic rings. The summed E-state index contributed by atoms with van der Waals surface area (Å²) in [6, 6.07) is 4.18. The molecule has 2 rings (SSSR count). The van der Waals surface area contributed by atoms with Crippen LogP contribution in [0, 0.1) is 5.92 Å². The maximum absolute atomic E-state index is 12.8. The van der Waals surface area contributed by atoms with E-state index < -0.39 is 28.5 Å². The van der Waals surface area contributed by atoms with Crippen molar-refractivity contribution in [2.24, 2.45) is 5.92 Å². The molecule has 0 unspecified atom stereocenters. The molecule has 1 aliphatic heterocycles. The minimum Gasteiger partial charge on any atom is -0.452 e. The van der Waals surface area contributed by atoms with E-state index in [0.717, 1.165) is 6.42 Å². The molecule has 0 spiro atoms. The first-order chi connectivity index (χ1) is 13.2. The van der Waals surface area contributed by atoms with Crippen LogP contribution in [0.2, 0.25) is 0 Å². The highest BCUT2D eigenvalue weighted by atomic mass is 79.9. The van der Waals surface area contributed by atoms with Crippen LogP contribution in [0.3, 0.4) is 0 Å². The van der Waals surface area contributed by atoms with Gasteiger partial charge in [-0.2, -0.15) is 4.31 Å². The summed E-state index contributed by atoms with van der Waals surface area (Å²) < 4.78 is 37.5. The number of esters is 1. The smallest absolute Gasteiger partial charge is 0.338 e. The third-order valence-electron chi connectivity index (χ3n) is 4.13. The van der Waals surface area contributed by atoms with Gasteiger partial charge in [-0.15, -0.1) is 0 Å². The standard InChI is InChI=1S/C18H25BrN2O6S/c1-13(2)5-6-20-17(22)12-27-18(23)14-3-4-15(19)16(11-14)28(24,25)21-7-9-26-10-8-21/h3-4,11,13H,5-10,12H2,1-2H3,(H,20,22). The number of ether oxygens (including phenoxy) is 2. The second-order valence-electron chi connectivity index (χ2n) is 6.77. The van der Waals surface area contributed by atoms with Crippen molar-refractivity contribution in [1.82, 2.24) is 9.62 Å². The third-order valence-corrected chi connectivity index (χ3v) is 7.03. The van der Waals surface area contributed by atoms with Gasteiger partial charge in [0.1, 0.15) is 0 Å². The van der Waals surface area contributed by atoms with E-state index in [4.69, 9.17) is 9.47 Å². The summed E-state index contributed by atoms with van der Waals surface area (Å²) in [5.74, 6) is -0.699. The third kappa shape index (κ3) is 6.26. The number of hydrogen-bond donors (Lipinski definition) is 1. The van der Waals surface area contributed by atoms with Crippen molar-refractivity contribution in [3.05, 3.63) is 28.2 Å². The van der Waals surface area contributed by atoms with Gasteiger partial charge in [0.2, 0.25) is 10.0 Å². The van der Waals surface area contributed by atoms with E-state index >= 15 is 0 Å². The predicted molar refractivity (Wildman–Crippen MR) is 106 cm³/mol. The second kappa shape index (κ2) is 10.3. The van der Waals surface area contributed by atoms with Gasteiger partial charge in [-0.3, -0.25) is 4.79 Å². The summed E-state index contributed by atoms with van der Waals surface area (Å²) in [4.78, 5) is 24.0. The molecule has 0 radical (unpaired) electrons. The van der Waals surface area contributed by atoms with Crippen LogP contribution < -0.4 is 5.32 Å². The zero-order valence-corrected chi connectivity index (χ0v) is 18.3. The highest BCUT2D eigenvalue weighted by Gasteiger charge is 2.29. The summed E-state index contributed by atoms with van der Waals surface area (Å²) in [6.45, 7) is 5.33. The molecule has 1 saturated heterocycles. The van der Waals surface area contributed by atoms with Crippen LogP contribution in [-0.2, 0) is 24.3 Å². The Bertz CT molecular complexity index is 806. The summed E-state index contributed by atoms with van der Waals surface area (Å²) >= 11 is 3.23. The fourth-order valence-corrected chi connectivity index (χ4v) is 4.88. The van der Waals surface area contributed by atoms with Crippen molar-refractivity contribution in [3.63, 3.8) is 0 Å². The predicted octanol–water partition coefficient (Wildman–Crippen LogP) is 1.79. The summed E-state index contributed by atoms with van der Waals surface area (Å²) in [5.41, 5.74) is 0.0602. The van der Waals surface area contributed by atoms with Crippen molar-refractivity contribution in [2.45, 2.75) is 25.2 Å². The summed E-state index contributed by atoms with van der Waals surface area (Å²) in [6.07, 6.45) is 0.829. The van der Waals surface area contributed by atoms with Gasteiger partial charge in [0.25, 0.3) is 5.91 Å². The fraction of sp³-hybridized carbons (Fsp3) is 0.556. The molecule has 156 valence electrons. The number of nitrogens with one attached hydrogen (secondary N) is 1. The van der Waals surface area contributed by atoms with E-state index in [1.807, 2.05) is 13.8 Å². The quantitative estimate of drug-likeness (QED) is 0.573. The molecule has 1 aliphatic rings. The molecule has 0 aromatic heterocycles. The molecular weight excluding hydrogens is 452 g/mol. The normalized spacial score (nSPS) is 15.4. The van der Waals surface area contributed by atoms with E-state index in [0.29, 0.717) is 30.1 Å². The van der Waals surface area contributed by atoms with Crippen LogP contribution in [0.1, 0.15) is 30.6 Å². The van der Waals surface area contributed by atoms with E-state index in [1.165, 1.54) is 22.5 Å². The van der Waals surface area contributed by atoms with Crippen LogP contribution in [0.15, 0.2) is 27.6 Å². The minimum absolute atomic E-state index is 0.0229. The lowest BCUT2D eigenvalue weighted by Gasteiger charge is -2.26. The minimum atomic E-state index is -3.78. The van der Waals surface area contributed by atoms with E-state index in [1.54, 1.807) is 0 Å². The van der Waals surface area contributed by atoms with Crippen molar-refractivity contribution >= 4 is 37.8 Å². The van der Waals surface area contributed by atoms with Gasteiger partial charge in [-0.1, -0.05) is 13.8 Å². The number of halogens is 1. The highest BCUT2D eigenvalue weighted by molar-refractivity contribution is 9.10. The Labute approximate surface area is 173 Å². The largest absolute Gasteiger partial charge is 0.452 e. The molecule has 1 aromatic carbocycles. The lowest BCUT2D eigenvalue weighted by atomic mass is 10.1. The maximum atomic E-state index is 12.8. The number of rotatable bonds is 8. The lowest BCUT2D eigenvalue weighted by molar-refractivity contribution is -0.124. The Morgan fingerprint density at radius 2 is 1.96 bits per heavy atom. The van der Waals surface area contributed by atoms with Crippen molar-refractivity contribution < 1.29 is 27.5 Å². The van der Waals surface area contributed by atoms with Gasteiger partial charge in [-0.05, 0) is 46.5 Å². The molecule has 1 amide bonds. The van der Waals surface area contributed by atoms with Crippen molar-refractivity contribution in [1.29, 1.82) is 0 Å². The number of amides is 1. The zero-order valence-electron chi connectivity index (χ0n) is 15.9. The molecule has 1 fully saturated rings. The Morgan fingerprint density at radius 1 is 1.29 bits per heavy atom. The first-order valence-corrected chi connectivity index (χ1v) is 11.3. The van der Waals surface area contributed by atoms with Crippen molar-refractivity contribution in [3.8, 4) is 0 Å². The fourth-order valence-electron chi connectivity index (χ4n) is 2.52. The number of morpholine rings is 1. The zero-order chi connectivity index (χ0) is 20.7. The summed E-state index contributed by atoms with van der Waals surface area (Å²) in [7, 11) is -3.78. The molecule has 1 N–H and O–H groups in total. The number of hydrogen-bond acceptors (Lipinski definition) is 6. The molecule has 1 heterocycles. The van der Waals surface area contributed by atoms with Gasteiger partial charge in [0.15, 0.2) is 6.61 Å². The monoisotopic (exact) mass is 476 g/mol. The van der Waals surface area contributed by atoms with Crippen molar-refractivity contribution in [2.75, 3.05) is 39.5 Å². The lowest BCUT2D eigenvalue weighted by Crippen LogP contribution is -2.40. The van der Waals surface area contributed by atoms with Gasteiger partial charge >= 0.3 is 5.97 Å². The Hall–Kier alpha value is -1.49. The van der Waals surface area contributed by atoms with Gasteiger partial charge < -0.3 is 14.8 Å². The molecular formula is C18H25BrN2O6S. The molecule has 0 saturated carbocycles. The maximum Gasteiger partial charge on any atom is 0.338 e. The molecule has 0 bridgehead atoms. The van der Waals surface area contributed by atoms with Gasteiger partial charge in [0.05, 0.1) is 23.7 Å². The van der Waals surface area contributed by atoms with Crippen LogP contribution >= 0.6 is 15.9 Å². The Morgan fingerprint density at radius 3 is 2.61 bits per heavy atom. The van der Waals surface area contributed by atoms with E-state index in [9.17, 15) is 18.0 Å². The number of carbonyl (C=O) groups excluding carboxylic acids is 2. The first-order valence-electron chi connectivity index (χ1n) is 9.03. The molecule has 0 atom stereocenters. The first kappa shape index (κ1) is 22.8. The van der Waals surface area contributed by atoms with Crippen LogP contribution in [-0.4, -0.2) is 64.1 Å². The number of nitrogens with zero attached hydrogens (tertiary/aromatic N) is 1. The topological polar surface area (TPSA) is 102 Å². The number of sulfonamides is 1. The molecule has 0 aliphatic carbocycles. The van der Waals surface area contributed by atoms with Crippen LogP contribution in [0.4, 0.5) is 0 Å². The molecule has 10 heteroatoms. The van der Waals surface area contributed by atoms with Gasteiger partial charge in [-0.25, -0.2) is 13.2 Å². The second-order valence-corrected chi connectivity index (χ2v) is 9.53. The average Bonchev–Trinajstić information content (AvgIpc) is 2.66. The Balaban J connectivity index is 2.03. The SMILES string of the molecule is CC(C)CCNC(=O)COC(=O)c1ccc(Br)c(S(=O)(=O)N2CCOCC2)c1.